The normalized spacial score (nSPS) is 17.0. The van der Waals surface area contributed by atoms with Gasteiger partial charge in [-0.15, -0.1) is 0 Å². The van der Waals surface area contributed by atoms with E-state index in [-0.39, 0.29) is 11.3 Å². The van der Waals surface area contributed by atoms with Gasteiger partial charge in [0.25, 0.3) is 5.78 Å². The highest BCUT2D eigenvalue weighted by atomic mass is 35.5. The number of aryl methyl sites for hydroxylation is 2. The second kappa shape index (κ2) is 9.46. The van der Waals surface area contributed by atoms with Gasteiger partial charge in [0, 0.05) is 10.6 Å². The number of amides is 1. The summed E-state index contributed by atoms with van der Waals surface area (Å²) in [5.41, 5.74) is 3.85. The summed E-state index contributed by atoms with van der Waals surface area (Å²) in [7, 11) is 1.29. The molecule has 7 nitrogen and oxygen atoms in total. The minimum atomic E-state index is -0.968. The first-order valence-corrected chi connectivity index (χ1v) is 12.5. The molecule has 0 radical (unpaired) electrons. The molecule has 2 heterocycles. The van der Waals surface area contributed by atoms with Crippen LogP contribution in [0.15, 0.2) is 66.2 Å². The third kappa shape index (κ3) is 4.28. The number of fused-ring (bicyclic) bond motifs is 1. The second-order valence-corrected chi connectivity index (χ2v) is 10.2. The largest absolute Gasteiger partial charge is 0.507 e. The van der Waals surface area contributed by atoms with Gasteiger partial charge in [0.05, 0.1) is 34.5 Å². The molecule has 186 valence electrons. The van der Waals surface area contributed by atoms with E-state index >= 15 is 0 Å². The molecule has 1 N–H and O–H groups in total. The lowest BCUT2D eigenvalue weighted by molar-refractivity contribution is -0.132. The van der Waals surface area contributed by atoms with Crippen molar-refractivity contribution in [3.8, 4) is 0 Å². The Balaban J connectivity index is 1.72. The lowest BCUT2D eigenvalue weighted by atomic mass is 9.95. The van der Waals surface area contributed by atoms with Crippen LogP contribution in [0.4, 0.5) is 5.13 Å². The molecular weight excluding hydrogens is 512 g/mol. The van der Waals surface area contributed by atoms with Crippen LogP contribution in [0.3, 0.4) is 0 Å². The van der Waals surface area contributed by atoms with Gasteiger partial charge in [-0.25, -0.2) is 9.78 Å². The monoisotopic (exact) mass is 532 g/mol. The van der Waals surface area contributed by atoms with E-state index in [4.69, 9.17) is 21.3 Å². The van der Waals surface area contributed by atoms with Crippen LogP contribution in [0.1, 0.15) is 38.7 Å². The Bertz CT molecular complexity index is 1610. The maximum atomic E-state index is 13.4. The van der Waals surface area contributed by atoms with E-state index in [9.17, 15) is 19.5 Å². The number of esters is 1. The van der Waals surface area contributed by atoms with Gasteiger partial charge in [-0.1, -0.05) is 41.1 Å². The molecule has 0 saturated carbocycles. The zero-order chi connectivity index (χ0) is 26.4. The number of benzene rings is 3. The Kier molecular flexibility index (Phi) is 6.31. The standard InChI is InChI=1S/C28H21ClN2O5S/c1-14-12-15(2)22-20(13-14)37-28(30-22)31-23(16-4-6-18(7-5-16)27(35)36-3)21(25(33)26(31)34)24(32)17-8-10-19(29)11-9-17/h4-13,23,32H,1-3H3. The van der Waals surface area contributed by atoms with E-state index in [1.807, 2.05) is 26.0 Å². The molecule has 1 aliphatic rings. The fourth-order valence-electron chi connectivity index (χ4n) is 4.49. The first-order valence-electron chi connectivity index (χ1n) is 11.3. The molecule has 1 saturated heterocycles. The highest BCUT2D eigenvalue weighted by molar-refractivity contribution is 7.22. The number of hydrogen-bond acceptors (Lipinski definition) is 7. The van der Waals surface area contributed by atoms with Gasteiger partial charge in [0.1, 0.15) is 5.76 Å². The molecule has 3 aromatic carbocycles. The Morgan fingerprint density at radius 3 is 2.32 bits per heavy atom. The number of thiazole rings is 1. The fraction of sp³-hybridized carbons (Fsp3) is 0.143. The minimum Gasteiger partial charge on any atom is -0.507 e. The molecule has 9 heteroatoms. The van der Waals surface area contributed by atoms with Gasteiger partial charge >= 0.3 is 11.9 Å². The maximum absolute atomic E-state index is 13.4. The number of halogens is 1. The van der Waals surface area contributed by atoms with Gasteiger partial charge in [-0.3, -0.25) is 14.5 Å². The maximum Gasteiger partial charge on any atom is 0.337 e. The third-order valence-corrected chi connectivity index (χ3v) is 7.49. The number of carbonyl (C=O) groups is 3. The number of ether oxygens (including phenoxy) is 1. The molecule has 0 bridgehead atoms. The van der Waals surface area contributed by atoms with E-state index in [1.54, 1.807) is 48.5 Å². The number of aliphatic hydroxyl groups is 1. The third-order valence-electron chi connectivity index (χ3n) is 6.23. The van der Waals surface area contributed by atoms with Crippen molar-refractivity contribution in [1.82, 2.24) is 4.98 Å². The van der Waals surface area contributed by atoms with Crippen LogP contribution < -0.4 is 4.90 Å². The summed E-state index contributed by atoms with van der Waals surface area (Å²) in [6.45, 7) is 3.92. The Morgan fingerprint density at radius 2 is 1.68 bits per heavy atom. The average Bonchev–Trinajstić information content (AvgIpc) is 3.42. The molecule has 37 heavy (non-hydrogen) atoms. The van der Waals surface area contributed by atoms with Crippen molar-refractivity contribution < 1.29 is 24.2 Å². The smallest absolute Gasteiger partial charge is 0.337 e. The van der Waals surface area contributed by atoms with E-state index in [1.165, 1.54) is 23.3 Å². The number of hydrogen-bond donors (Lipinski definition) is 1. The van der Waals surface area contributed by atoms with Gasteiger partial charge in [0.2, 0.25) is 0 Å². The number of aliphatic hydroxyl groups excluding tert-OH is 1. The number of rotatable bonds is 4. The first kappa shape index (κ1) is 24.7. The highest BCUT2D eigenvalue weighted by Crippen LogP contribution is 2.44. The topological polar surface area (TPSA) is 96.8 Å². The number of ketones is 1. The van der Waals surface area contributed by atoms with E-state index in [2.05, 4.69) is 0 Å². The SMILES string of the molecule is COC(=O)c1ccc(C2C(=C(O)c3ccc(Cl)cc3)C(=O)C(=O)N2c2nc3c(C)cc(C)cc3s2)cc1. The van der Waals surface area contributed by atoms with Gasteiger partial charge in [-0.05, 0) is 73.0 Å². The second-order valence-electron chi connectivity index (χ2n) is 8.71. The molecule has 1 unspecified atom stereocenters. The molecular formula is C28H21ClN2O5S. The quantitative estimate of drug-likeness (QED) is 0.150. The number of carbonyl (C=O) groups excluding carboxylic acids is 3. The van der Waals surface area contributed by atoms with E-state index < -0.39 is 23.7 Å². The van der Waals surface area contributed by atoms with Gasteiger partial charge in [-0.2, -0.15) is 0 Å². The fourth-order valence-corrected chi connectivity index (χ4v) is 5.78. The zero-order valence-electron chi connectivity index (χ0n) is 20.1. The summed E-state index contributed by atoms with van der Waals surface area (Å²) in [5, 5.41) is 12.0. The first-order chi connectivity index (χ1) is 17.7. The molecule has 1 amide bonds. The Hall–Kier alpha value is -4.01. The number of methoxy groups -OCH3 is 1. The Morgan fingerprint density at radius 1 is 1.03 bits per heavy atom. The number of anilines is 1. The van der Waals surface area contributed by atoms with Crippen LogP contribution in [-0.2, 0) is 14.3 Å². The van der Waals surface area contributed by atoms with Crippen LogP contribution in [0.25, 0.3) is 16.0 Å². The van der Waals surface area contributed by atoms with Crippen molar-refractivity contribution in [2.75, 3.05) is 12.0 Å². The number of Topliss-reactive ketones (excluding diaryl/α,β-unsaturated/α-hetero) is 1. The van der Waals surface area contributed by atoms with Crippen LogP contribution in [-0.4, -0.2) is 34.9 Å². The lowest BCUT2D eigenvalue weighted by Crippen LogP contribution is -2.29. The summed E-state index contributed by atoms with van der Waals surface area (Å²) in [4.78, 5) is 44.8. The summed E-state index contributed by atoms with van der Waals surface area (Å²) >= 11 is 7.30. The number of nitrogens with zero attached hydrogens (tertiary/aromatic N) is 2. The zero-order valence-corrected chi connectivity index (χ0v) is 21.7. The van der Waals surface area contributed by atoms with Crippen molar-refractivity contribution in [2.45, 2.75) is 19.9 Å². The van der Waals surface area contributed by atoms with Crippen LogP contribution in [0.5, 0.6) is 0 Å². The lowest BCUT2D eigenvalue weighted by Gasteiger charge is -2.23. The van der Waals surface area contributed by atoms with Crippen molar-refractivity contribution in [2.24, 2.45) is 0 Å². The molecule has 1 fully saturated rings. The van der Waals surface area contributed by atoms with Crippen molar-refractivity contribution >= 4 is 61.7 Å². The van der Waals surface area contributed by atoms with E-state index in [0.29, 0.717) is 26.8 Å². The molecule has 5 rings (SSSR count). The molecule has 4 aromatic rings. The highest BCUT2D eigenvalue weighted by Gasteiger charge is 2.48. The van der Waals surface area contributed by atoms with Crippen LogP contribution in [0.2, 0.25) is 5.02 Å². The van der Waals surface area contributed by atoms with Gasteiger partial charge < -0.3 is 9.84 Å². The van der Waals surface area contributed by atoms with Crippen molar-refractivity contribution in [3.05, 3.63) is 99.1 Å². The van der Waals surface area contributed by atoms with Crippen LogP contribution in [0, 0.1) is 13.8 Å². The summed E-state index contributed by atoms with van der Waals surface area (Å²) in [6, 6.07) is 15.7. The minimum absolute atomic E-state index is 0.0784. The summed E-state index contributed by atoms with van der Waals surface area (Å²) in [5.74, 6) is -2.47. The Labute approximate surface area is 221 Å². The van der Waals surface area contributed by atoms with Crippen molar-refractivity contribution in [3.63, 3.8) is 0 Å². The predicted octanol–water partition coefficient (Wildman–Crippen LogP) is 5.98. The van der Waals surface area contributed by atoms with Crippen molar-refractivity contribution in [1.29, 1.82) is 0 Å². The molecule has 0 aliphatic carbocycles. The predicted molar refractivity (Wildman–Crippen MR) is 143 cm³/mol. The number of aromatic nitrogens is 1. The van der Waals surface area contributed by atoms with Crippen LogP contribution >= 0.6 is 22.9 Å². The molecule has 1 aromatic heterocycles. The molecule has 0 spiro atoms. The summed E-state index contributed by atoms with van der Waals surface area (Å²) in [6.07, 6.45) is 0. The van der Waals surface area contributed by atoms with E-state index in [0.717, 1.165) is 21.3 Å². The summed E-state index contributed by atoms with van der Waals surface area (Å²) < 4.78 is 5.66. The average molecular weight is 533 g/mol. The molecule has 1 aliphatic heterocycles. The van der Waals surface area contributed by atoms with Gasteiger partial charge in [0.15, 0.2) is 5.13 Å². The molecule has 1 atom stereocenters.